The van der Waals surface area contributed by atoms with Crippen LogP contribution in [0.3, 0.4) is 0 Å². The highest BCUT2D eigenvalue weighted by Crippen LogP contribution is 2.40. The van der Waals surface area contributed by atoms with Crippen LogP contribution in [0.15, 0.2) is 42.5 Å². The SMILES string of the molecule is COc1ccccc1CN1C[C@@H](c2c(F)cccc2F)[C@@]2(COCCC(=O)N2)C1. The van der Waals surface area contributed by atoms with Crippen molar-refractivity contribution in [2.45, 2.75) is 24.4 Å². The Morgan fingerprint density at radius 1 is 1.21 bits per heavy atom. The smallest absolute Gasteiger partial charge is 0.222 e. The number of rotatable bonds is 4. The van der Waals surface area contributed by atoms with E-state index in [2.05, 4.69) is 10.2 Å². The molecule has 0 unspecified atom stereocenters. The van der Waals surface area contributed by atoms with E-state index >= 15 is 0 Å². The Morgan fingerprint density at radius 3 is 2.72 bits per heavy atom. The van der Waals surface area contributed by atoms with E-state index in [1.54, 1.807) is 7.11 Å². The minimum absolute atomic E-state index is 0.000765. The maximum absolute atomic E-state index is 14.7. The van der Waals surface area contributed by atoms with E-state index in [1.165, 1.54) is 18.2 Å². The van der Waals surface area contributed by atoms with E-state index in [9.17, 15) is 13.6 Å². The summed E-state index contributed by atoms with van der Waals surface area (Å²) in [7, 11) is 1.61. The van der Waals surface area contributed by atoms with E-state index in [1.807, 2.05) is 24.3 Å². The summed E-state index contributed by atoms with van der Waals surface area (Å²) in [5.41, 5.74) is 0.0834. The summed E-state index contributed by atoms with van der Waals surface area (Å²) >= 11 is 0. The Labute approximate surface area is 168 Å². The van der Waals surface area contributed by atoms with E-state index in [-0.39, 0.29) is 24.5 Å². The maximum atomic E-state index is 14.7. The topological polar surface area (TPSA) is 50.8 Å². The van der Waals surface area contributed by atoms with Crippen LogP contribution in [0.1, 0.15) is 23.5 Å². The van der Waals surface area contributed by atoms with Crippen molar-refractivity contribution in [3.63, 3.8) is 0 Å². The lowest BCUT2D eigenvalue weighted by Gasteiger charge is -2.34. The second-order valence-corrected chi connectivity index (χ2v) is 7.68. The first-order valence-electron chi connectivity index (χ1n) is 9.69. The molecule has 4 rings (SSSR count). The number of methoxy groups -OCH3 is 1. The number of amides is 1. The number of carbonyl (C=O) groups is 1. The van der Waals surface area contributed by atoms with Crippen molar-refractivity contribution in [2.24, 2.45) is 0 Å². The number of hydrogen-bond donors (Lipinski definition) is 1. The molecule has 0 bridgehead atoms. The van der Waals surface area contributed by atoms with Gasteiger partial charge in [-0.2, -0.15) is 0 Å². The molecule has 2 aromatic rings. The molecule has 0 aromatic heterocycles. The summed E-state index contributed by atoms with van der Waals surface area (Å²) in [6, 6.07) is 11.5. The van der Waals surface area contributed by atoms with Gasteiger partial charge in [0.25, 0.3) is 0 Å². The molecule has 2 aliphatic rings. The quantitative estimate of drug-likeness (QED) is 0.855. The van der Waals surface area contributed by atoms with Crippen LogP contribution in [0.4, 0.5) is 8.78 Å². The Morgan fingerprint density at radius 2 is 1.97 bits per heavy atom. The van der Waals surface area contributed by atoms with Crippen molar-refractivity contribution >= 4 is 5.91 Å². The zero-order valence-corrected chi connectivity index (χ0v) is 16.3. The molecule has 2 heterocycles. The summed E-state index contributed by atoms with van der Waals surface area (Å²) in [6.45, 7) is 1.86. The van der Waals surface area contributed by atoms with Gasteiger partial charge in [-0.05, 0) is 18.2 Å². The molecule has 0 aliphatic carbocycles. The fourth-order valence-corrected chi connectivity index (χ4v) is 4.48. The standard InChI is InChI=1S/C22H24F2N2O3/c1-28-19-8-3-2-5-15(19)11-26-12-16(21-17(23)6-4-7-18(21)24)22(13-26)14-29-10-9-20(27)25-22/h2-8,16H,9-14H2,1H3,(H,25,27)/t16-,22-/m0/s1. The first-order valence-corrected chi connectivity index (χ1v) is 9.69. The number of para-hydroxylation sites is 1. The number of ether oxygens (including phenoxy) is 2. The Balaban J connectivity index is 1.70. The predicted octanol–water partition coefficient (Wildman–Crippen LogP) is 2.85. The molecule has 2 aliphatic heterocycles. The molecular weight excluding hydrogens is 378 g/mol. The average Bonchev–Trinajstić information content (AvgIpc) is 2.90. The second kappa shape index (κ2) is 8.08. The van der Waals surface area contributed by atoms with Crippen molar-refractivity contribution in [3.05, 3.63) is 65.2 Å². The van der Waals surface area contributed by atoms with Gasteiger partial charge < -0.3 is 14.8 Å². The maximum Gasteiger partial charge on any atom is 0.222 e. The molecule has 29 heavy (non-hydrogen) atoms. The predicted molar refractivity (Wildman–Crippen MR) is 104 cm³/mol. The summed E-state index contributed by atoms with van der Waals surface area (Å²) in [6.07, 6.45) is 0.237. The van der Waals surface area contributed by atoms with Gasteiger partial charge in [0, 0.05) is 43.1 Å². The van der Waals surface area contributed by atoms with Crippen LogP contribution in [0.5, 0.6) is 5.75 Å². The first kappa shape index (κ1) is 19.8. The van der Waals surface area contributed by atoms with Gasteiger partial charge in [-0.3, -0.25) is 9.69 Å². The van der Waals surface area contributed by atoms with Crippen LogP contribution in [0.25, 0.3) is 0 Å². The van der Waals surface area contributed by atoms with Gasteiger partial charge in [0.15, 0.2) is 0 Å². The molecule has 1 N–H and O–H groups in total. The van der Waals surface area contributed by atoms with Crippen LogP contribution in [0.2, 0.25) is 0 Å². The van der Waals surface area contributed by atoms with Gasteiger partial charge in [0.05, 0.1) is 25.9 Å². The second-order valence-electron chi connectivity index (χ2n) is 7.68. The summed E-state index contributed by atoms with van der Waals surface area (Å²) < 4.78 is 40.5. The number of benzene rings is 2. The summed E-state index contributed by atoms with van der Waals surface area (Å²) in [5.74, 6) is -1.19. The van der Waals surface area contributed by atoms with E-state index < -0.39 is 23.1 Å². The molecule has 5 nitrogen and oxygen atoms in total. The summed E-state index contributed by atoms with van der Waals surface area (Å²) in [5, 5.41) is 3.03. The normalized spacial score (nSPS) is 25.1. The number of halogens is 2. The lowest BCUT2D eigenvalue weighted by atomic mass is 9.81. The van der Waals surface area contributed by atoms with Gasteiger partial charge >= 0.3 is 0 Å². The fourth-order valence-electron chi connectivity index (χ4n) is 4.48. The lowest BCUT2D eigenvalue weighted by molar-refractivity contribution is -0.122. The molecule has 2 atom stereocenters. The Bertz CT molecular complexity index is 887. The third kappa shape index (κ3) is 3.84. The number of likely N-dealkylation sites (tertiary alicyclic amines) is 1. The highest BCUT2D eigenvalue weighted by atomic mass is 19.1. The van der Waals surface area contributed by atoms with Gasteiger partial charge in [-0.25, -0.2) is 8.78 Å². The number of hydrogen-bond acceptors (Lipinski definition) is 4. The molecule has 2 saturated heterocycles. The fraction of sp³-hybridized carbons (Fsp3) is 0.409. The third-order valence-electron chi connectivity index (χ3n) is 5.77. The zero-order valence-electron chi connectivity index (χ0n) is 16.3. The van der Waals surface area contributed by atoms with E-state index in [0.717, 1.165) is 11.3 Å². The van der Waals surface area contributed by atoms with Crippen molar-refractivity contribution in [1.82, 2.24) is 10.2 Å². The summed E-state index contributed by atoms with van der Waals surface area (Å²) in [4.78, 5) is 14.4. The van der Waals surface area contributed by atoms with Crippen LogP contribution < -0.4 is 10.1 Å². The molecule has 1 amide bonds. The molecule has 0 radical (unpaired) electrons. The van der Waals surface area contributed by atoms with Gasteiger partial charge in [-0.1, -0.05) is 24.3 Å². The highest BCUT2D eigenvalue weighted by Gasteiger charge is 2.51. The minimum Gasteiger partial charge on any atom is -0.496 e. The average molecular weight is 402 g/mol. The van der Waals surface area contributed by atoms with Crippen LogP contribution in [-0.4, -0.2) is 49.8 Å². The van der Waals surface area contributed by atoms with Crippen LogP contribution in [0, 0.1) is 11.6 Å². The Kier molecular flexibility index (Phi) is 5.52. The molecular formula is C22H24F2N2O3. The highest BCUT2D eigenvalue weighted by molar-refractivity contribution is 5.77. The third-order valence-corrected chi connectivity index (χ3v) is 5.77. The molecule has 7 heteroatoms. The molecule has 1 spiro atoms. The monoisotopic (exact) mass is 402 g/mol. The van der Waals surface area contributed by atoms with Crippen LogP contribution in [-0.2, 0) is 16.1 Å². The Hall–Kier alpha value is -2.51. The minimum atomic E-state index is -0.890. The molecule has 2 fully saturated rings. The van der Waals surface area contributed by atoms with Crippen LogP contribution >= 0.6 is 0 Å². The van der Waals surface area contributed by atoms with E-state index in [4.69, 9.17) is 9.47 Å². The number of nitrogens with zero attached hydrogens (tertiary/aromatic N) is 1. The first-order chi connectivity index (χ1) is 14.0. The molecule has 154 valence electrons. The van der Waals surface area contributed by atoms with Gasteiger partial charge in [-0.15, -0.1) is 0 Å². The van der Waals surface area contributed by atoms with Crippen molar-refractivity contribution < 1.29 is 23.0 Å². The zero-order chi connectivity index (χ0) is 20.4. The number of carbonyl (C=O) groups excluding carboxylic acids is 1. The van der Waals surface area contributed by atoms with Crippen molar-refractivity contribution in [2.75, 3.05) is 33.4 Å². The lowest BCUT2D eigenvalue weighted by Crippen LogP contribution is -2.55. The van der Waals surface area contributed by atoms with Crippen molar-refractivity contribution in [1.29, 1.82) is 0 Å². The van der Waals surface area contributed by atoms with Gasteiger partial charge in [0.2, 0.25) is 5.91 Å². The molecule has 0 saturated carbocycles. The molecule has 2 aromatic carbocycles. The van der Waals surface area contributed by atoms with Crippen molar-refractivity contribution in [3.8, 4) is 5.75 Å². The number of nitrogens with one attached hydrogen (secondary N) is 1. The van der Waals surface area contributed by atoms with Gasteiger partial charge in [0.1, 0.15) is 17.4 Å². The van der Waals surface area contributed by atoms with E-state index in [0.29, 0.717) is 26.2 Å². The largest absolute Gasteiger partial charge is 0.496 e.